The fraction of sp³-hybridized carbons (Fsp3) is 0.333. The van der Waals surface area contributed by atoms with Gasteiger partial charge in [0.15, 0.2) is 0 Å². The van der Waals surface area contributed by atoms with E-state index >= 15 is 0 Å². The van der Waals surface area contributed by atoms with Gasteiger partial charge in [-0.05, 0) is 19.1 Å². The van der Waals surface area contributed by atoms with Crippen LogP contribution in [0.25, 0.3) is 11.0 Å². The van der Waals surface area contributed by atoms with E-state index < -0.39 is 0 Å². The summed E-state index contributed by atoms with van der Waals surface area (Å²) in [5, 5.41) is 8.18. The first kappa shape index (κ1) is 13.0. The van der Waals surface area contributed by atoms with Crippen LogP contribution >= 0.6 is 0 Å². The highest BCUT2D eigenvalue weighted by Gasteiger charge is 2.28. The van der Waals surface area contributed by atoms with Crippen LogP contribution in [0.15, 0.2) is 36.7 Å². The van der Waals surface area contributed by atoms with Crippen molar-refractivity contribution in [2.24, 2.45) is 0 Å². The molecule has 3 aromatic rings. The molecule has 0 spiro atoms. The Morgan fingerprint density at radius 3 is 3.09 bits per heavy atom. The van der Waals surface area contributed by atoms with Crippen molar-refractivity contribution in [2.75, 3.05) is 6.54 Å². The smallest absolute Gasteiger partial charge is 0.245 e. The van der Waals surface area contributed by atoms with Gasteiger partial charge in [0.25, 0.3) is 0 Å². The normalized spacial score (nSPS) is 17.7. The minimum Gasteiger partial charge on any atom is -0.331 e. The lowest BCUT2D eigenvalue weighted by molar-refractivity contribution is -0.135. The number of para-hydroxylation sites is 1. The predicted molar refractivity (Wildman–Crippen MR) is 79.9 cm³/mol. The maximum absolute atomic E-state index is 12.7. The van der Waals surface area contributed by atoms with Gasteiger partial charge in [-0.2, -0.15) is 0 Å². The molecule has 4 rings (SSSR count). The number of hydrogen-bond donors (Lipinski definition) is 0. The van der Waals surface area contributed by atoms with Crippen LogP contribution in [0.2, 0.25) is 0 Å². The molecular formula is C15H16N6O. The Morgan fingerprint density at radius 1 is 1.32 bits per heavy atom. The molecule has 0 bridgehead atoms. The Hall–Kier alpha value is -2.70. The number of carbonyl (C=O) groups excluding carboxylic acids is 1. The van der Waals surface area contributed by atoms with Crippen molar-refractivity contribution < 1.29 is 4.79 Å². The van der Waals surface area contributed by atoms with E-state index in [1.54, 1.807) is 10.9 Å². The number of fused-ring (bicyclic) bond motifs is 2. The summed E-state index contributed by atoms with van der Waals surface area (Å²) in [6, 6.07) is 7.63. The van der Waals surface area contributed by atoms with E-state index in [1.807, 2.05) is 42.3 Å². The number of carbonyl (C=O) groups is 1. The van der Waals surface area contributed by atoms with Crippen LogP contribution in [0.5, 0.6) is 0 Å². The summed E-state index contributed by atoms with van der Waals surface area (Å²) < 4.78 is 3.75. The third-order valence-corrected chi connectivity index (χ3v) is 4.20. The molecule has 1 aromatic carbocycles. The lowest BCUT2D eigenvalue weighted by Crippen LogP contribution is -2.42. The second-order valence-corrected chi connectivity index (χ2v) is 5.48. The number of benzene rings is 1. The molecule has 0 aliphatic carbocycles. The van der Waals surface area contributed by atoms with Gasteiger partial charge in [-0.15, -0.1) is 5.10 Å². The van der Waals surface area contributed by atoms with Crippen molar-refractivity contribution in [1.29, 1.82) is 0 Å². The minimum absolute atomic E-state index is 0.0222. The maximum Gasteiger partial charge on any atom is 0.245 e. The molecule has 1 atom stereocenters. The third kappa shape index (κ3) is 1.97. The van der Waals surface area contributed by atoms with Crippen LogP contribution in [0.3, 0.4) is 0 Å². The molecule has 2 aromatic heterocycles. The van der Waals surface area contributed by atoms with Crippen LogP contribution in [0.4, 0.5) is 0 Å². The van der Waals surface area contributed by atoms with E-state index in [4.69, 9.17) is 0 Å². The number of imidazole rings is 1. The molecule has 1 amide bonds. The molecule has 0 radical (unpaired) electrons. The monoisotopic (exact) mass is 296 g/mol. The minimum atomic E-state index is -0.0222. The first-order valence-electron chi connectivity index (χ1n) is 7.33. The zero-order chi connectivity index (χ0) is 15.1. The van der Waals surface area contributed by atoms with Crippen molar-refractivity contribution >= 4 is 16.9 Å². The summed E-state index contributed by atoms with van der Waals surface area (Å²) in [6.07, 6.45) is 3.74. The Balaban J connectivity index is 1.58. The number of rotatable bonds is 2. The van der Waals surface area contributed by atoms with Gasteiger partial charge in [-0.1, -0.05) is 17.3 Å². The Kier molecular flexibility index (Phi) is 2.92. The van der Waals surface area contributed by atoms with E-state index in [2.05, 4.69) is 19.9 Å². The molecule has 112 valence electrons. The van der Waals surface area contributed by atoms with E-state index in [0.717, 1.165) is 23.4 Å². The fourth-order valence-corrected chi connectivity index (χ4v) is 3.02. The van der Waals surface area contributed by atoms with Crippen molar-refractivity contribution in [3.8, 4) is 0 Å². The molecule has 7 nitrogen and oxygen atoms in total. The lowest BCUT2D eigenvalue weighted by atomic mass is 10.2. The van der Waals surface area contributed by atoms with Crippen LogP contribution in [0, 0.1) is 0 Å². The SMILES string of the molecule is CC1c2nccn2CCN1C(=O)Cn1nnc2ccccc21. The first-order chi connectivity index (χ1) is 10.7. The van der Waals surface area contributed by atoms with Gasteiger partial charge in [0, 0.05) is 25.5 Å². The molecule has 1 aliphatic heterocycles. The quantitative estimate of drug-likeness (QED) is 0.713. The van der Waals surface area contributed by atoms with Gasteiger partial charge in [0.1, 0.15) is 17.9 Å². The zero-order valence-corrected chi connectivity index (χ0v) is 12.3. The standard InChI is InChI=1S/C15H16N6O/c1-11-15-16-6-7-19(15)8-9-20(11)14(22)10-21-13-5-3-2-4-12(13)17-18-21/h2-7,11H,8-10H2,1H3. The summed E-state index contributed by atoms with van der Waals surface area (Å²) in [6.45, 7) is 3.68. The highest BCUT2D eigenvalue weighted by molar-refractivity contribution is 5.80. The lowest BCUT2D eigenvalue weighted by Gasteiger charge is -2.33. The number of hydrogen-bond acceptors (Lipinski definition) is 4. The molecule has 3 heterocycles. The third-order valence-electron chi connectivity index (χ3n) is 4.20. The fourth-order valence-electron chi connectivity index (χ4n) is 3.02. The van der Waals surface area contributed by atoms with Crippen LogP contribution in [-0.4, -0.2) is 41.9 Å². The van der Waals surface area contributed by atoms with Crippen molar-refractivity contribution in [3.05, 3.63) is 42.5 Å². The van der Waals surface area contributed by atoms with E-state index in [0.29, 0.717) is 6.54 Å². The Labute approximate surface area is 127 Å². The molecule has 0 saturated heterocycles. The molecule has 0 fully saturated rings. The van der Waals surface area contributed by atoms with Crippen molar-refractivity contribution in [2.45, 2.75) is 26.1 Å². The second kappa shape index (κ2) is 4.94. The maximum atomic E-state index is 12.7. The van der Waals surface area contributed by atoms with Gasteiger partial charge >= 0.3 is 0 Å². The summed E-state index contributed by atoms with van der Waals surface area (Å²) >= 11 is 0. The average molecular weight is 296 g/mol. The van der Waals surface area contributed by atoms with E-state index in [1.165, 1.54) is 0 Å². The van der Waals surface area contributed by atoms with Crippen LogP contribution < -0.4 is 0 Å². The highest BCUT2D eigenvalue weighted by atomic mass is 16.2. The largest absolute Gasteiger partial charge is 0.331 e. The zero-order valence-electron chi connectivity index (χ0n) is 12.3. The van der Waals surface area contributed by atoms with Gasteiger partial charge in [-0.25, -0.2) is 9.67 Å². The predicted octanol–water partition coefficient (Wildman–Crippen LogP) is 1.23. The average Bonchev–Trinajstić information content (AvgIpc) is 3.15. The highest BCUT2D eigenvalue weighted by Crippen LogP contribution is 2.23. The second-order valence-electron chi connectivity index (χ2n) is 5.48. The number of nitrogens with zero attached hydrogens (tertiary/aromatic N) is 6. The van der Waals surface area contributed by atoms with E-state index in [-0.39, 0.29) is 18.5 Å². The molecule has 0 N–H and O–H groups in total. The number of amides is 1. The van der Waals surface area contributed by atoms with Gasteiger partial charge in [0.2, 0.25) is 5.91 Å². The molecule has 0 saturated carbocycles. The van der Waals surface area contributed by atoms with Crippen molar-refractivity contribution in [3.63, 3.8) is 0 Å². The van der Waals surface area contributed by atoms with Gasteiger partial charge < -0.3 is 9.47 Å². The van der Waals surface area contributed by atoms with Gasteiger partial charge in [0.05, 0.1) is 11.6 Å². The molecule has 1 unspecified atom stereocenters. The Morgan fingerprint density at radius 2 is 2.18 bits per heavy atom. The summed E-state index contributed by atoms with van der Waals surface area (Å²) in [5.41, 5.74) is 1.68. The van der Waals surface area contributed by atoms with Crippen LogP contribution in [0.1, 0.15) is 18.8 Å². The van der Waals surface area contributed by atoms with Crippen molar-refractivity contribution in [1.82, 2.24) is 29.4 Å². The molecule has 1 aliphatic rings. The Bertz CT molecular complexity index is 835. The molecular weight excluding hydrogens is 280 g/mol. The first-order valence-corrected chi connectivity index (χ1v) is 7.33. The summed E-state index contributed by atoms with van der Waals surface area (Å²) in [7, 11) is 0. The topological polar surface area (TPSA) is 68.8 Å². The molecule has 22 heavy (non-hydrogen) atoms. The van der Waals surface area contributed by atoms with Crippen LogP contribution in [-0.2, 0) is 17.9 Å². The number of aromatic nitrogens is 5. The summed E-state index contributed by atoms with van der Waals surface area (Å²) in [5.74, 6) is 0.973. The summed E-state index contributed by atoms with van der Waals surface area (Å²) in [4.78, 5) is 18.9. The van der Waals surface area contributed by atoms with E-state index in [9.17, 15) is 4.79 Å². The van der Waals surface area contributed by atoms with Gasteiger partial charge in [-0.3, -0.25) is 4.79 Å². The molecule has 7 heteroatoms.